The Morgan fingerprint density at radius 2 is 1.21 bits per heavy atom. The molecule has 272 valence electrons. The number of nitrogens with zero attached hydrogens (tertiary/aromatic N) is 7. The highest BCUT2D eigenvalue weighted by Gasteiger charge is 2.31. The molecule has 3 aromatic carbocycles. The van der Waals surface area contributed by atoms with Crippen LogP contribution < -0.4 is 0 Å². The molecule has 2 saturated heterocycles. The SMILES string of the molecule is O=C(c1ccc(F)c(Cl)c1)N1CCC[C@H](c2nc(-c3ccc(F)cc3)no2)C1.O=C(c1ccno1)N1CCC[C@H](c2nc(-c3ccc(F)cc3)no2)C1. The van der Waals surface area contributed by atoms with Crippen LogP contribution in [0.5, 0.6) is 0 Å². The van der Waals surface area contributed by atoms with E-state index < -0.39 is 5.82 Å². The molecule has 0 radical (unpaired) electrons. The molecule has 2 aliphatic rings. The number of hydrogen-bond donors (Lipinski definition) is 0. The monoisotopic (exact) mass is 745 g/mol. The topological polar surface area (TPSA) is 144 Å². The zero-order chi connectivity index (χ0) is 36.9. The van der Waals surface area contributed by atoms with Crippen LogP contribution in [0.3, 0.4) is 0 Å². The van der Waals surface area contributed by atoms with Gasteiger partial charge in [0.1, 0.15) is 17.5 Å². The van der Waals surface area contributed by atoms with E-state index in [9.17, 15) is 22.8 Å². The Kier molecular flexibility index (Phi) is 10.6. The number of aromatic nitrogens is 5. The number of piperidine rings is 2. The number of likely N-dealkylation sites (tertiary alicyclic amines) is 2. The van der Waals surface area contributed by atoms with Crippen LogP contribution >= 0.6 is 11.6 Å². The van der Waals surface area contributed by atoms with E-state index >= 15 is 0 Å². The lowest BCUT2D eigenvalue weighted by atomic mass is 9.97. The standard InChI is InChI=1S/C20H16ClF2N3O2.C17H15FN4O3/c21-16-10-13(5-8-17(16)23)20(27)26-9-1-2-14(11-26)19-24-18(25-28-19)12-3-6-15(22)7-4-12;18-13-5-3-11(4-6-13)15-20-16(25-21-15)12-2-1-9-22(10-12)17(23)14-7-8-19-24-14/h3-8,10,14H,1-2,9,11H2;3-8,12H,1-2,9-10H2/t14-;12-/m00/s1. The lowest BCUT2D eigenvalue weighted by molar-refractivity contribution is 0.0652. The lowest BCUT2D eigenvalue weighted by Crippen LogP contribution is -2.39. The number of hydrogen-bond acceptors (Lipinski definition) is 10. The summed E-state index contributed by atoms with van der Waals surface area (Å²) in [5, 5.41) is 11.4. The van der Waals surface area contributed by atoms with E-state index in [1.807, 2.05) is 0 Å². The minimum atomic E-state index is -0.561. The summed E-state index contributed by atoms with van der Waals surface area (Å²) >= 11 is 5.79. The van der Waals surface area contributed by atoms with Crippen molar-refractivity contribution in [2.45, 2.75) is 37.5 Å². The Balaban J connectivity index is 0.000000165. The quantitative estimate of drug-likeness (QED) is 0.167. The zero-order valence-electron chi connectivity index (χ0n) is 28.0. The summed E-state index contributed by atoms with van der Waals surface area (Å²) in [5.74, 6) is 0.159. The molecule has 16 heteroatoms. The van der Waals surface area contributed by atoms with Crippen molar-refractivity contribution >= 4 is 23.4 Å². The largest absolute Gasteiger partial charge is 0.351 e. The van der Waals surface area contributed by atoms with Gasteiger partial charge in [-0.1, -0.05) is 27.1 Å². The first-order chi connectivity index (χ1) is 25.7. The third-order valence-corrected chi connectivity index (χ3v) is 9.31. The summed E-state index contributed by atoms with van der Waals surface area (Å²) in [6.07, 6.45) is 4.71. The van der Waals surface area contributed by atoms with Crippen molar-refractivity contribution < 1.29 is 36.3 Å². The minimum absolute atomic E-state index is 0.0395. The van der Waals surface area contributed by atoms with Crippen LogP contribution in [0.1, 0.15) is 70.2 Å². The Labute approximate surface area is 305 Å². The molecule has 8 rings (SSSR count). The number of rotatable bonds is 6. The molecule has 3 aromatic heterocycles. The van der Waals surface area contributed by atoms with Crippen LogP contribution in [-0.2, 0) is 0 Å². The predicted octanol–water partition coefficient (Wildman–Crippen LogP) is 7.57. The molecule has 0 saturated carbocycles. The smallest absolute Gasteiger partial charge is 0.292 e. The number of halogens is 4. The van der Waals surface area contributed by atoms with Gasteiger partial charge in [-0.2, -0.15) is 9.97 Å². The van der Waals surface area contributed by atoms with Crippen molar-refractivity contribution in [1.82, 2.24) is 35.2 Å². The molecule has 5 heterocycles. The summed E-state index contributed by atoms with van der Waals surface area (Å²) in [5.41, 5.74) is 1.67. The fourth-order valence-electron chi connectivity index (χ4n) is 6.25. The lowest BCUT2D eigenvalue weighted by Gasteiger charge is -2.31. The number of benzene rings is 3. The van der Waals surface area contributed by atoms with Gasteiger partial charge in [0, 0.05) is 48.9 Å². The molecule has 6 aromatic rings. The second-order valence-electron chi connectivity index (χ2n) is 12.6. The number of amides is 2. The van der Waals surface area contributed by atoms with E-state index in [0.717, 1.165) is 25.7 Å². The highest BCUT2D eigenvalue weighted by atomic mass is 35.5. The number of carbonyl (C=O) groups excluding carboxylic acids is 2. The predicted molar refractivity (Wildman–Crippen MR) is 183 cm³/mol. The average Bonchev–Trinajstić information content (AvgIpc) is 4.00. The Bertz CT molecular complexity index is 2180. The second-order valence-corrected chi connectivity index (χ2v) is 13.0. The van der Waals surface area contributed by atoms with Gasteiger partial charge >= 0.3 is 0 Å². The van der Waals surface area contributed by atoms with Crippen LogP contribution in [0.4, 0.5) is 13.2 Å². The fraction of sp³-hybridized carbons (Fsp3) is 0.270. The zero-order valence-corrected chi connectivity index (χ0v) is 28.8. The van der Waals surface area contributed by atoms with Gasteiger partial charge in [-0.05, 0) is 92.4 Å². The summed E-state index contributed by atoms with van der Waals surface area (Å²) in [7, 11) is 0. The molecule has 0 unspecified atom stereocenters. The number of carbonyl (C=O) groups is 2. The van der Waals surface area contributed by atoms with Crippen LogP contribution in [0, 0.1) is 17.5 Å². The molecule has 2 amide bonds. The Morgan fingerprint density at radius 3 is 1.70 bits per heavy atom. The maximum absolute atomic E-state index is 13.3. The second kappa shape index (κ2) is 15.8. The molecular weight excluding hydrogens is 715 g/mol. The first kappa shape index (κ1) is 35.6. The van der Waals surface area contributed by atoms with E-state index in [1.54, 1.807) is 40.1 Å². The maximum Gasteiger partial charge on any atom is 0.292 e. The molecule has 12 nitrogen and oxygen atoms in total. The van der Waals surface area contributed by atoms with Gasteiger partial charge in [-0.25, -0.2) is 13.2 Å². The van der Waals surface area contributed by atoms with Crippen molar-refractivity contribution in [2.75, 3.05) is 26.2 Å². The van der Waals surface area contributed by atoms with Crippen molar-refractivity contribution in [3.05, 3.63) is 125 Å². The van der Waals surface area contributed by atoms with Crippen LogP contribution in [0.15, 0.2) is 92.6 Å². The molecule has 0 N–H and O–H groups in total. The van der Waals surface area contributed by atoms with Crippen molar-refractivity contribution in [3.8, 4) is 22.8 Å². The van der Waals surface area contributed by atoms with Gasteiger partial charge in [0.2, 0.25) is 29.2 Å². The first-order valence-electron chi connectivity index (χ1n) is 16.8. The van der Waals surface area contributed by atoms with Gasteiger partial charge < -0.3 is 23.4 Å². The molecular formula is C37H31ClF3N7O5. The summed E-state index contributed by atoms with van der Waals surface area (Å²) in [6, 6.07) is 17.2. The summed E-state index contributed by atoms with van der Waals surface area (Å²) < 4.78 is 55.2. The molecule has 0 bridgehead atoms. The molecule has 53 heavy (non-hydrogen) atoms. The molecule has 2 atom stereocenters. The average molecular weight is 746 g/mol. The summed E-state index contributed by atoms with van der Waals surface area (Å²) in [4.78, 5) is 37.3. The normalized spacial score (nSPS) is 17.3. The summed E-state index contributed by atoms with van der Waals surface area (Å²) in [6.45, 7) is 2.13. The molecule has 2 aliphatic heterocycles. The van der Waals surface area contributed by atoms with Gasteiger partial charge in [-0.15, -0.1) is 0 Å². The van der Waals surface area contributed by atoms with Gasteiger partial charge in [0.25, 0.3) is 11.8 Å². The third kappa shape index (κ3) is 8.30. The van der Waals surface area contributed by atoms with Gasteiger partial charge in [-0.3, -0.25) is 9.59 Å². The van der Waals surface area contributed by atoms with Crippen molar-refractivity contribution in [2.24, 2.45) is 0 Å². The van der Waals surface area contributed by atoms with Crippen molar-refractivity contribution in [3.63, 3.8) is 0 Å². The molecule has 0 aliphatic carbocycles. The molecule has 2 fully saturated rings. The molecule has 0 spiro atoms. The fourth-order valence-corrected chi connectivity index (χ4v) is 6.44. The van der Waals surface area contributed by atoms with E-state index in [4.69, 9.17) is 25.2 Å². The van der Waals surface area contributed by atoms with Crippen LogP contribution in [-0.4, -0.2) is 73.2 Å². The van der Waals surface area contributed by atoms with Crippen LogP contribution in [0.2, 0.25) is 5.02 Å². The van der Waals surface area contributed by atoms with Crippen molar-refractivity contribution in [1.29, 1.82) is 0 Å². The minimum Gasteiger partial charge on any atom is -0.351 e. The van der Waals surface area contributed by atoms with Gasteiger partial charge in [0.05, 0.1) is 23.1 Å². The van der Waals surface area contributed by atoms with E-state index in [1.165, 1.54) is 48.7 Å². The van der Waals surface area contributed by atoms with Crippen LogP contribution in [0.25, 0.3) is 22.8 Å². The van der Waals surface area contributed by atoms with E-state index in [0.29, 0.717) is 66.3 Å². The highest BCUT2D eigenvalue weighted by molar-refractivity contribution is 6.31. The maximum atomic E-state index is 13.3. The van der Waals surface area contributed by atoms with E-state index in [-0.39, 0.29) is 46.1 Å². The third-order valence-electron chi connectivity index (χ3n) is 9.02. The highest BCUT2D eigenvalue weighted by Crippen LogP contribution is 2.30. The van der Waals surface area contributed by atoms with E-state index in [2.05, 4.69) is 25.4 Å². The Hall–Kier alpha value is -5.83. The first-order valence-corrected chi connectivity index (χ1v) is 17.2. The van der Waals surface area contributed by atoms with Gasteiger partial charge in [0.15, 0.2) is 0 Å². The Morgan fingerprint density at radius 1 is 0.679 bits per heavy atom.